The van der Waals surface area contributed by atoms with Crippen LogP contribution < -0.4 is 5.32 Å². The molecule has 0 fully saturated rings. The third kappa shape index (κ3) is 4.61. The molecular formula is C17H18BrClN2O3S. The van der Waals surface area contributed by atoms with Crippen molar-refractivity contribution in [3.63, 3.8) is 0 Å². The van der Waals surface area contributed by atoms with Crippen molar-refractivity contribution in [1.29, 1.82) is 0 Å². The highest BCUT2D eigenvalue weighted by molar-refractivity contribution is 9.10. The van der Waals surface area contributed by atoms with Crippen LogP contribution in [-0.4, -0.2) is 31.7 Å². The fraction of sp³-hybridized carbons (Fsp3) is 0.235. The first-order valence-electron chi connectivity index (χ1n) is 7.66. The number of hydrogen-bond donors (Lipinski definition) is 1. The second kappa shape index (κ2) is 8.31. The maximum Gasteiger partial charge on any atom is 0.257 e. The lowest BCUT2D eigenvalue weighted by molar-refractivity contribution is 0.102. The summed E-state index contributed by atoms with van der Waals surface area (Å²) in [5.41, 5.74) is 0.815. The van der Waals surface area contributed by atoms with Gasteiger partial charge in [0.15, 0.2) is 0 Å². The molecule has 2 aromatic carbocycles. The fourth-order valence-electron chi connectivity index (χ4n) is 2.29. The molecular weight excluding hydrogens is 428 g/mol. The Kier molecular flexibility index (Phi) is 6.62. The predicted molar refractivity (Wildman–Crippen MR) is 104 cm³/mol. The van der Waals surface area contributed by atoms with Crippen molar-refractivity contribution in [3.8, 4) is 0 Å². The average Bonchev–Trinajstić information content (AvgIpc) is 2.58. The minimum Gasteiger partial charge on any atom is -0.322 e. The zero-order valence-electron chi connectivity index (χ0n) is 13.8. The highest BCUT2D eigenvalue weighted by Crippen LogP contribution is 2.23. The van der Waals surface area contributed by atoms with Crippen LogP contribution in [-0.2, 0) is 10.0 Å². The van der Waals surface area contributed by atoms with Crippen LogP contribution >= 0.6 is 27.5 Å². The van der Waals surface area contributed by atoms with Crippen LogP contribution in [0.25, 0.3) is 0 Å². The number of carbonyl (C=O) groups excluding carboxylic acids is 1. The summed E-state index contributed by atoms with van der Waals surface area (Å²) in [4.78, 5) is 12.5. The standard InChI is InChI=1S/C17H18BrClN2O3S/c1-3-21(4-2)25(23,24)14-8-6-13(7-9-14)20-17(22)15-11-12(18)5-10-16(15)19/h5-11H,3-4H2,1-2H3,(H,20,22). The molecule has 0 atom stereocenters. The summed E-state index contributed by atoms with van der Waals surface area (Å²) in [6.45, 7) is 4.38. The summed E-state index contributed by atoms with van der Waals surface area (Å²) in [6.07, 6.45) is 0. The molecule has 0 aliphatic heterocycles. The molecule has 0 unspecified atom stereocenters. The van der Waals surface area contributed by atoms with E-state index < -0.39 is 10.0 Å². The summed E-state index contributed by atoms with van der Waals surface area (Å²) in [5.74, 6) is -0.370. The van der Waals surface area contributed by atoms with Crippen LogP contribution in [0.2, 0.25) is 5.02 Å². The topological polar surface area (TPSA) is 66.5 Å². The van der Waals surface area contributed by atoms with E-state index in [0.29, 0.717) is 29.4 Å². The first kappa shape index (κ1) is 19.9. The molecule has 1 amide bonds. The maximum absolute atomic E-state index is 12.4. The van der Waals surface area contributed by atoms with Gasteiger partial charge in [-0.2, -0.15) is 4.31 Å². The van der Waals surface area contributed by atoms with Gasteiger partial charge in [0, 0.05) is 23.2 Å². The van der Waals surface area contributed by atoms with Crippen LogP contribution in [0.5, 0.6) is 0 Å². The minimum atomic E-state index is -3.52. The van der Waals surface area contributed by atoms with Crippen molar-refractivity contribution < 1.29 is 13.2 Å². The summed E-state index contributed by atoms with van der Waals surface area (Å²) >= 11 is 9.34. The minimum absolute atomic E-state index is 0.190. The van der Waals surface area contributed by atoms with E-state index >= 15 is 0 Å². The van der Waals surface area contributed by atoms with E-state index in [1.165, 1.54) is 16.4 Å². The number of sulfonamides is 1. The van der Waals surface area contributed by atoms with E-state index in [4.69, 9.17) is 11.6 Å². The molecule has 134 valence electrons. The van der Waals surface area contributed by atoms with Crippen molar-refractivity contribution in [1.82, 2.24) is 4.31 Å². The largest absolute Gasteiger partial charge is 0.322 e. The molecule has 1 N–H and O–H groups in total. The highest BCUT2D eigenvalue weighted by Gasteiger charge is 2.21. The SMILES string of the molecule is CCN(CC)S(=O)(=O)c1ccc(NC(=O)c2cc(Br)ccc2Cl)cc1. The van der Waals surface area contributed by atoms with Gasteiger partial charge in [0.25, 0.3) is 5.91 Å². The molecule has 0 aliphatic rings. The molecule has 2 rings (SSSR count). The third-order valence-corrected chi connectivity index (χ3v) is 6.52. The van der Waals surface area contributed by atoms with Gasteiger partial charge in [-0.05, 0) is 42.5 Å². The van der Waals surface area contributed by atoms with Crippen LogP contribution in [0.1, 0.15) is 24.2 Å². The Morgan fingerprint density at radius 1 is 1.12 bits per heavy atom. The van der Waals surface area contributed by atoms with E-state index in [2.05, 4.69) is 21.2 Å². The van der Waals surface area contributed by atoms with Gasteiger partial charge in [-0.1, -0.05) is 41.4 Å². The summed E-state index contributed by atoms with van der Waals surface area (Å²) in [5, 5.41) is 3.04. The molecule has 0 saturated carbocycles. The van der Waals surface area contributed by atoms with Gasteiger partial charge in [-0.25, -0.2) is 8.42 Å². The van der Waals surface area contributed by atoms with Gasteiger partial charge in [0.1, 0.15) is 0 Å². The molecule has 25 heavy (non-hydrogen) atoms. The predicted octanol–water partition coefficient (Wildman–Crippen LogP) is 4.39. The van der Waals surface area contributed by atoms with Crippen LogP contribution in [0.3, 0.4) is 0 Å². The number of benzene rings is 2. The Hall–Kier alpha value is -1.41. The van der Waals surface area contributed by atoms with Crippen molar-refractivity contribution >= 4 is 49.1 Å². The molecule has 8 heteroatoms. The number of rotatable bonds is 6. The smallest absolute Gasteiger partial charge is 0.257 e. The fourth-order valence-corrected chi connectivity index (χ4v) is 4.32. The second-order valence-corrected chi connectivity index (χ2v) is 8.45. The molecule has 0 saturated heterocycles. The summed E-state index contributed by atoms with van der Waals surface area (Å²) in [6, 6.07) is 11.1. The maximum atomic E-state index is 12.4. The molecule has 0 aliphatic carbocycles. The quantitative estimate of drug-likeness (QED) is 0.717. The zero-order valence-corrected chi connectivity index (χ0v) is 17.0. The van der Waals surface area contributed by atoms with Gasteiger partial charge in [-0.15, -0.1) is 0 Å². The molecule has 0 heterocycles. The number of nitrogens with zero attached hydrogens (tertiary/aromatic N) is 1. The zero-order chi connectivity index (χ0) is 18.6. The monoisotopic (exact) mass is 444 g/mol. The van der Waals surface area contributed by atoms with Crippen molar-refractivity contribution in [2.24, 2.45) is 0 Å². The van der Waals surface area contributed by atoms with Crippen molar-refractivity contribution in [2.75, 3.05) is 18.4 Å². The van der Waals surface area contributed by atoms with Gasteiger partial charge >= 0.3 is 0 Å². The van der Waals surface area contributed by atoms with Crippen molar-refractivity contribution in [3.05, 3.63) is 57.5 Å². The van der Waals surface area contributed by atoms with Gasteiger partial charge in [0.2, 0.25) is 10.0 Å². The molecule has 5 nitrogen and oxygen atoms in total. The van der Waals surface area contributed by atoms with E-state index in [9.17, 15) is 13.2 Å². The Morgan fingerprint density at radius 3 is 2.28 bits per heavy atom. The van der Waals surface area contributed by atoms with E-state index in [1.807, 2.05) is 0 Å². The lowest BCUT2D eigenvalue weighted by Gasteiger charge is -2.18. The average molecular weight is 446 g/mol. The number of anilines is 1. The second-order valence-electron chi connectivity index (χ2n) is 5.19. The van der Waals surface area contributed by atoms with E-state index in [1.54, 1.807) is 44.2 Å². The third-order valence-electron chi connectivity index (χ3n) is 3.63. The first-order valence-corrected chi connectivity index (χ1v) is 10.3. The first-order chi connectivity index (χ1) is 11.8. The molecule has 0 spiro atoms. The number of halogens is 2. The van der Waals surface area contributed by atoms with Crippen molar-refractivity contribution in [2.45, 2.75) is 18.7 Å². The van der Waals surface area contributed by atoms with E-state index in [-0.39, 0.29) is 10.8 Å². The van der Waals surface area contributed by atoms with Gasteiger partial charge < -0.3 is 5.32 Å². The number of carbonyl (C=O) groups is 1. The molecule has 0 bridgehead atoms. The Morgan fingerprint density at radius 2 is 1.72 bits per heavy atom. The number of amides is 1. The van der Waals surface area contributed by atoms with Gasteiger partial charge in [-0.3, -0.25) is 4.79 Å². The molecule has 0 radical (unpaired) electrons. The van der Waals surface area contributed by atoms with Crippen LogP contribution in [0, 0.1) is 0 Å². The highest BCUT2D eigenvalue weighted by atomic mass is 79.9. The van der Waals surface area contributed by atoms with Crippen LogP contribution in [0.15, 0.2) is 51.8 Å². The number of hydrogen-bond acceptors (Lipinski definition) is 3. The molecule has 2 aromatic rings. The lowest BCUT2D eigenvalue weighted by atomic mass is 10.2. The van der Waals surface area contributed by atoms with Crippen LogP contribution in [0.4, 0.5) is 5.69 Å². The van der Waals surface area contributed by atoms with E-state index in [0.717, 1.165) is 4.47 Å². The summed E-state index contributed by atoms with van der Waals surface area (Å²) < 4.78 is 27.0. The normalized spacial score (nSPS) is 11.6. The summed E-state index contributed by atoms with van der Waals surface area (Å²) in [7, 11) is -3.52. The Labute approximate surface area is 161 Å². The lowest BCUT2D eigenvalue weighted by Crippen LogP contribution is -2.30. The van der Waals surface area contributed by atoms with Gasteiger partial charge in [0.05, 0.1) is 15.5 Å². The Bertz CT molecular complexity index is 866. The number of nitrogens with one attached hydrogen (secondary N) is 1. The Balaban J connectivity index is 2.21. The molecule has 0 aromatic heterocycles.